The van der Waals surface area contributed by atoms with Gasteiger partial charge in [-0.25, -0.2) is 0 Å². The van der Waals surface area contributed by atoms with Gasteiger partial charge in [-0.05, 0) is 55.0 Å². The number of benzene rings is 2. The van der Waals surface area contributed by atoms with Gasteiger partial charge < -0.3 is 14.2 Å². The highest BCUT2D eigenvalue weighted by molar-refractivity contribution is 7.15. The summed E-state index contributed by atoms with van der Waals surface area (Å²) in [6, 6.07) is 12.4. The summed E-state index contributed by atoms with van der Waals surface area (Å²) in [5.41, 5.74) is 1.25. The van der Waals surface area contributed by atoms with E-state index in [-0.39, 0.29) is 5.56 Å². The zero-order valence-corrected chi connectivity index (χ0v) is 18.9. The van der Waals surface area contributed by atoms with E-state index in [1.165, 1.54) is 22.8 Å². The van der Waals surface area contributed by atoms with Crippen LogP contribution in [0.2, 0.25) is 0 Å². The molecule has 0 radical (unpaired) electrons. The van der Waals surface area contributed by atoms with Crippen molar-refractivity contribution < 1.29 is 19.0 Å². The van der Waals surface area contributed by atoms with Crippen LogP contribution < -0.4 is 24.3 Å². The lowest BCUT2D eigenvalue weighted by molar-refractivity contribution is -0.132. The Morgan fingerprint density at radius 1 is 1.15 bits per heavy atom. The van der Waals surface area contributed by atoms with Gasteiger partial charge in [0.15, 0.2) is 17.3 Å². The summed E-state index contributed by atoms with van der Waals surface area (Å²) in [6.45, 7) is 7.62. The molecule has 0 bridgehead atoms. The first-order valence-electron chi connectivity index (χ1n) is 10.2. The summed E-state index contributed by atoms with van der Waals surface area (Å²) in [6.07, 6.45) is 3.41. The molecule has 2 aromatic carbocycles. The SMILES string of the molecule is C=CCOc1ccc(-c2nc3s/c(=C/c4ccc(OC(C)=O)c(OCC)c4)c(=O)n3n2)cc1. The second-order valence-electron chi connectivity index (χ2n) is 6.90. The van der Waals surface area contributed by atoms with Crippen LogP contribution in [0.5, 0.6) is 17.2 Å². The van der Waals surface area contributed by atoms with Gasteiger partial charge in [0.1, 0.15) is 12.4 Å². The van der Waals surface area contributed by atoms with Crippen molar-refractivity contribution in [2.24, 2.45) is 0 Å². The number of nitrogens with zero attached hydrogens (tertiary/aromatic N) is 3. The van der Waals surface area contributed by atoms with Crippen LogP contribution in [0.4, 0.5) is 0 Å². The third-order valence-electron chi connectivity index (χ3n) is 4.48. The lowest BCUT2D eigenvalue weighted by Crippen LogP contribution is -2.23. The Balaban J connectivity index is 1.65. The fraction of sp³-hybridized carbons (Fsp3) is 0.167. The standard InChI is InChI=1S/C24H21N3O5S/c1-4-12-31-18-9-7-17(8-10-18)22-25-24-27(26-22)23(29)21(33-24)14-16-6-11-19(32-15(3)28)20(13-16)30-5-2/h4,6-11,13-14H,1,5,12H2,2-3H3/b21-14+. The Kier molecular flexibility index (Phi) is 6.50. The molecule has 0 saturated carbocycles. The molecule has 0 fully saturated rings. The Labute approximate surface area is 193 Å². The maximum absolute atomic E-state index is 12.9. The summed E-state index contributed by atoms with van der Waals surface area (Å²) in [4.78, 5) is 29.2. The van der Waals surface area contributed by atoms with E-state index in [0.717, 1.165) is 11.1 Å². The van der Waals surface area contributed by atoms with Gasteiger partial charge in [-0.2, -0.15) is 9.50 Å². The van der Waals surface area contributed by atoms with Gasteiger partial charge in [0.05, 0.1) is 11.1 Å². The van der Waals surface area contributed by atoms with Gasteiger partial charge in [-0.3, -0.25) is 9.59 Å². The minimum absolute atomic E-state index is 0.262. The predicted octanol–water partition coefficient (Wildman–Crippen LogP) is 3.25. The zero-order chi connectivity index (χ0) is 23.4. The van der Waals surface area contributed by atoms with Gasteiger partial charge in [0, 0.05) is 12.5 Å². The lowest BCUT2D eigenvalue weighted by Gasteiger charge is -2.10. The highest BCUT2D eigenvalue weighted by atomic mass is 32.1. The Morgan fingerprint density at radius 3 is 2.61 bits per heavy atom. The van der Waals surface area contributed by atoms with E-state index in [1.807, 2.05) is 31.2 Å². The highest BCUT2D eigenvalue weighted by Crippen LogP contribution is 2.29. The second kappa shape index (κ2) is 9.66. The van der Waals surface area contributed by atoms with E-state index < -0.39 is 5.97 Å². The number of esters is 1. The molecule has 2 aromatic heterocycles. The number of ether oxygens (including phenoxy) is 3. The van der Waals surface area contributed by atoms with Crippen LogP contribution in [0.1, 0.15) is 19.4 Å². The first-order chi connectivity index (χ1) is 16.0. The lowest BCUT2D eigenvalue weighted by atomic mass is 10.2. The van der Waals surface area contributed by atoms with Crippen LogP contribution in [0.25, 0.3) is 22.4 Å². The quantitative estimate of drug-likeness (QED) is 0.225. The number of carbonyl (C=O) groups is 1. The van der Waals surface area contributed by atoms with Crippen LogP contribution in [0.15, 0.2) is 59.9 Å². The topological polar surface area (TPSA) is 92.0 Å². The molecular weight excluding hydrogens is 442 g/mol. The molecule has 8 nitrogen and oxygen atoms in total. The fourth-order valence-electron chi connectivity index (χ4n) is 3.08. The largest absolute Gasteiger partial charge is 0.490 e. The molecule has 4 rings (SSSR count). The molecule has 0 N–H and O–H groups in total. The van der Waals surface area contributed by atoms with Gasteiger partial charge in [0.2, 0.25) is 4.96 Å². The van der Waals surface area contributed by atoms with Crippen LogP contribution >= 0.6 is 11.3 Å². The van der Waals surface area contributed by atoms with Crippen molar-refractivity contribution in [1.29, 1.82) is 0 Å². The van der Waals surface area contributed by atoms with Crippen molar-refractivity contribution in [1.82, 2.24) is 14.6 Å². The van der Waals surface area contributed by atoms with Gasteiger partial charge in [-0.15, -0.1) is 5.10 Å². The van der Waals surface area contributed by atoms with Gasteiger partial charge in [0.25, 0.3) is 5.56 Å². The molecule has 9 heteroatoms. The van der Waals surface area contributed by atoms with Crippen molar-refractivity contribution in [2.75, 3.05) is 13.2 Å². The number of hydrogen-bond donors (Lipinski definition) is 0. The molecule has 0 aliphatic rings. The first kappa shape index (κ1) is 22.2. The smallest absolute Gasteiger partial charge is 0.308 e. The molecule has 168 valence electrons. The summed E-state index contributed by atoms with van der Waals surface area (Å²) in [5.74, 6) is 1.50. The van der Waals surface area contributed by atoms with Crippen molar-refractivity contribution in [2.45, 2.75) is 13.8 Å². The normalized spacial score (nSPS) is 11.5. The third-order valence-corrected chi connectivity index (χ3v) is 5.44. The number of thiazole rings is 1. The van der Waals surface area contributed by atoms with E-state index in [0.29, 0.717) is 45.8 Å². The molecule has 0 amide bonds. The Hall–Kier alpha value is -3.98. The van der Waals surface area contributed by atoms with E-state index >= 15 is 0 Å². The zero-order valence-electron chi connectivity index (χ0n) is 18.1. The molecular formula is C24H21N3O5S. The number of hydrogen-bond acceptors (Lipinski definition) is 8. The van der Waals surface area contributed by atoms with Crippen molar-refractivity contribution >= 4 is 28.3 Å². The van der Waals surface area contributed by atoms with Crippen LogP contribution in [-0.2, 0) is 4.79 Å². The Bertz CT molecular complexity index is 1420. The number of fused-ring (bicyclic) bond motifs is 1. The summed E-state index contributed by atoms with van der Waals surface area (Å²) in [5, 5.41) is 4.37. The van der Waals surface area contributed by atoms with Gasteiger partial charge in [-0.1, -0.05) is 30.1 Å². The minimum atomic E-state index is -0.435. The monoisotopic (exact) mass is 463 g/mol. The number of rotatable bonds is 8. The molecule has 0 unspecified atom stereocenters. The van der Waals surface area contributed by atoms with Crippen molar-refractivity contribution in [3.8, 4) is 28.6 Å². The van der Waals surface area contributed by atoms with E-state index in [1.54, 1.807) is 30.4 Å². The highest BCUT2D eigenvalue weighted by Gasteiger charge is 2.13. The minimum Gasteiger partial charge on any atom is -0.490 e. The number of aromatic nitrogens is 3. The van der Waals surface area contributed by atoms with Crippen LogP contribution in [-0.4, -0.2) is 33.8 Å². The van der Waals surface area contributed by atoms with Crippen LogP contribution in [0.3, 0.4) is 0 Å². The summed E-state index contributed by atoms with van der Waals surface area (Å²) in [7, 11) is 0. The van der Waals surface area contributed by atoms with Crippen molar-refractivity contribution in [3.63, 3.8) is 0 Å². The molecule has 0 aliphatic heterocycles. The van der Waals surface area contributed by atoms with Crippen molar-refractivity contribution in [3.05, 3.63) is 75.6 Å². The molecule has 2 heterocycles. The second-order valence-corrected chi connectivity index (χ2v) is 7.91. The maximum Gasteiger partial charge on any atom is 0.308 e. The average molecular weight is 464 g/mol. The molecule has 0 spiro atoms. The molecule has 33 heavy (non-hydrogen) atoms. The third kappa shape index (κ3) is 4.93. The molecule has 0 aliphatic carbocycles. The molecule has 4 aromatic rings. The Morgan fingerprint density at radius 2 is 1.94 bits per heavy atom. The molecule has 0 atom stereocenters. The average Bonchev–Trinajstić information content (AvgIpc) is 3.34. The summed E-state index contributed by atoms with van der Waals surface area (Å²) >= 11 is 1.24. The number of carbonyl (C=O) groups excluding carboxylic acids is 1. The maximum atomic E-state index is 12.9. The van der Waals surface area contributed by atoms with E-state index in [2.05, 4.69) is 16.7 Å². The van der Waals surface area contributed by atoms with E-state index in [9.17, 15) is 9.59 Å². The first-order valence-corrected chi connectivity index (χ1v) is 11.0. The summed E-state index contributed by atoms with van der Waals surface area (Å²) < 4.78 is 18.0. The van der Waals surface area contributed by atoms with Crippen LogP contribution in [0, 0.1) is 0 Å². The fourth-order valence-corrected chi connectivity index (χ4v) is 3.99. The van der Waals surface area contributed by atoms with Gasteiger partial charge >= 0.3 is 5.97 Å². The molecule has 0 saturated heterocycles. The predicted molar refractivity (Wildman–Crippen MR) is 126 cm³/mol. The van der Waals surface area contributed by atoms with E-state index in [4.69, 9.17) is 14.2 Å².